The van der Waals surface area contributed by atoms with E-state index in [-0.39, 0.29) is 11.9 Å². The zero-order valence-corrected chi connectivity index (χ0v) is 12.2. The molecular weight excluding hydrogens is 292 g/mol. The van der Waals surface area contributed by atoms with Gasteiger partial charge in [-0.2, -0.15) is 0 Å². The van der Waals surface area contributed by atoms with E-state index in [1.165, 1.54) is 11.1 Å². The van der Waals surface area contributed by atoms with Crippen LogP contribution < -0.4 is 5.73 Å². The van der Waals surface area contributed by atoms with Crippen molar-refractivity contribution >= 4 is 21.8 Å². The van der Waals surface area contributed by atoms with Crippen LogP contribution in [0.25, 0.3) is 0 Å². The van der Waals surface area contributed by atoms with Gasteiger partial charge in [-0.1, -0.05) is 28.1 Å². The number of fused-ring (bicyclic) bond motifs is 1. The first-order valence-electron chi connectivity index (χ1n) is 6.37. The lowest BCUT2D eigenvalue weighted by Gasteiger charge is -2.29. The monoisotopic (exact) mass is 310 g/mol. The highest BCUT2D eigenvalue weighted by atomic mass is 79.9. The van der Waals surface area contributed by atoms with Crippen LogP contribution >= 0.6 is 15.9 Å². The van der Waals surface area contributed by atoms with E-state index in [1.54, 1.807) is 0 Å². The fourth-order valence-corrected chi connectivity index (χ4v) is 2.89. The van der Waals surface area contributed by atoms with Crippen molar-refractivity contribution in [3.63, 3.8) is 0 Å². The molecule has 1 aromatic rings. The van der Waals surface area contributed by atoms with Crippen molar-refractivity contribution in [2.24, 2.45) is 5.73 Å². The van der Waals surface area contributed by atoms with Crippen molar-refractivity contribution < 1.29 is 4.79 Å². The Morgan fingerprint density at radius 2 is 2.33 bits per heavy atom. The van der Waals surface area contributed by atoms with Gasteiger partial charge < -0.3 is 10.6 Å². The highest BCUT2D eigenvalue weighted by Gasteiger charge is 2.21. The third-order valence-electron chi connectivity index (χ3n) is 3.38. The van der Waals surface area contributed by atoms with Crippen molar-refractivity contribution in [1.82, 2.24) is 4.90 Å². The van der Waals surface area contributed by atoms with Gasteiger partial charge in [-0.15, -0.1) is 0 Å². The SMILES string of the molecule is CC(N)CCC(=O)N1CCc2c(Br)cccc2C1. The number of halogens is 1. The molecule has 0 radical (unpaired) electrons. The van der Waals surface area contributed by atoms with E-state index in [9.17, 15) is 4.79 Å². The minimum Gasteiger partial charge on any atom is -0.338 e. The number of benzene rings is 1. The van der Waals surface area contributed by atoms with Crippen LogP contribution in [-0.4, -0.2) is 23.4 Å². The number of amides is 1. The fourth-order valence-electron chi connectivity index (χ4n) is 2.29. The molecule has 1 amide bonds. The van der Waals surface area contributed by atoms with Crippen molar-refractivity contribution in [2.45, 2.75) is 38.8 Å². The molecule has 1 atom stereocenters. The van der Waals surface area contributed by atoms with Crippen LogP contribution in [0, 0.1) is 0 Å². The molecule has 0 aliphatic carbocycles. The van der Waals surface area contributed by atoms with Crippen LogP contribution in [0.5, 0.6) is 0 Å². The van der Waals surface area contributed by atoms with Gasteiger partial charge in [-0.25, -0.2) is 0 Å². The summed E-state index contributed by atoms with van der Waals surface area (Å²) in [5, 5.41) is 0. The summed E-state index contributed by atoms with van der Waals surface area (Å²) in [7, 11) is 0. The molecule has 3 nitrogen and oxygen atoms in total. The quantitative estimate of drug-likeness (QED) is 0.932. The Kier molecular flexibility index (Phi) is 4.40. The fraction of sp³-hybridized carbons (Fsp3) is 0.500. The molecule has 2 rings (SSSR count). The Morgan fingerprint density at radius 3 is 3.06 bits per heavy atom. The lowest BCUT2D eigenvalue weighted by molar-refractivity contribution is -0.132. The second kappa shape index (κ2) is 5.85. The molecule has 0 saturated heterocycles. The Hall–Kier alpha value is -0.870. The predicted molar refractivity (Wildman–Crippen MR) is 76.1 cm³/mol. The molecule has 1 aliphatic rings. The second-order valence-corrected chi connectivity index (χ2v) is 5.81. The first-order valence-corrected chi connectivity index (χ1v) is 7.17. The maximum Gasteiger partial charge on any atom is 0.222 e. The summed E-state index contributed by atoms with van der Waals surface area (Å²) in [6, 6.07) is 6.29. The molecule has 98 valence electrons. The first kappa shape index (κ1) is 13.6. The average molecular weight is 311 g/mol. The predicted octanol–water partition coefficient (Wildman–Crippen LogP) is 2.46. The molecule has 2 N–H and O–H groups in total. The van der Waals surface area contributed by atoms with E-state index in [2.05, 4.69) is 28.1 Å². The molecular formula is C14H19BrN2O. The van der Waals surface area contributed by atoms with E-state index in [0.29, 0.717) is 6.42 Å². The summed E-state index contributed by atoms with van der Waals surface area (Å²) < 4.78 is 1.16. The number of carbonyl (C=O) groups is 1. The molecule has 0 spiro atoms. The van der Waals surface area contributed by atoms with E-state index in [1.807, 2.05) is 17.9 Å². The third-order valence-corrected chi connectivity index (χ3v) is 4.12. The van der Waals surface area contributed by atoms with Gasteiger partial charge in [0, 0.05) is 30.0 Å². The van der Waals surface area contributed by atoms with E-state index >= 15 is 0 Å². The maximum atomic E-state index is 12.1. The number of hydrogen-bond acceptors (Lipinski definition) is 2. The molecule has 1 aromatic carbocycles. The minimum absolute atomic E-state index is 0.0974. The Bertz CT molecular complexity index is 445. The Morgan fingerprint density at radius 1 is 1.56 bits per heavy atom. The van der Waals surface area contributed by atoms with Gasteiger partial charge in [-0.3, -0.25) is 4.79 Å². The lowest BCUT2D eigenvalue weighted by Crippen LogP contribution is -2.36. The smallest absolute Gasteiger partial charge is 0.222 e. The third kappa shape index (κ3) is 3.12. The van der Waals surface area contributed by atoms with Crippen LogP contribution in [0.3, 0.4) is 0 Å². The second-order valence-electron chi connectivity index (χ2n) is 4.96. The molecule has 0 fully saturated rings. The number of hydrogen-bond donors (Lipinski definition) is 1. The zero-order valence-electron chi connectivity index (χ0n) is 10.7. The molecule has 0 saturated carbocycles. The summed E-state index contributed by atoms with van der Waals surface area (Å²) >= 11 is 3.57. The number of nitrogens with two attached hydrogens (primary N) is 1. The van der Waals surface area contributed by atoms with Crippen LogP contribution in [-0.2, 0) is 17.8 Å². The lowest BCUT2D eigenvalue weighted by atomic mass is 9.99. The molecule has 1 heterocycles. The van der Waals surface area contributed by atoms with Crippen molar-refractivity contribution in [3.8, 4) is 0 Å². The summed E-state index contributed by atoms with van der Waals surface area (Å²) in [6.45, 7) is 3.48. The number of nitrogens with zero attached hydrogens (tertiary/aromatic N) is 1. The largest absolute Gasteiger partial charge is 0.338 e. The van der Waals surface area contributed by atoms with Gasteiger partial charge in [0.25, 0.3) is 0 Å². The van der Waals surface area contributed by atoms with E-state index in [4.69, 9.17) is 5.73 Å². The van der Waals surface area contributed by atoms with E-state index < -0.39 is 0 Å². The van der Waals surface area contributed by atoms with Crippen molar-refractivity contribution in [3.05, 3.63) is 33.8 Å². The molecule has 1 unspecified atom stereocenters. The van der Waals surface area contributed by atoms with Crippen LogP contribution in [0.2, 0.25) is 0 Å². The van der Waals surface area contributed by atoms with Crippen LogP contribution in [0.4, 0.5) is 0 Å². The number of rotatable bonds is 3. The van der Waals surface area contributed by atoms with Gasteiger partial charge in [0.1, 0.15) is 0 Å². The molecule has 0 aromatic heterocycles. The van der Waals surface area contributed by atoms with Gasteiger partial charge in [0.15, 0.2) is 0 Å². The average Bonchev–Trinajstić information content (AvgIpc) is 2.35. The number of carbonyl (C=O) groups excluding carboxylic acids is 1. The van der Waals surface area contributed by atoms with Gasteiger partial charge in [-0.05, 0) is 37.0 Å². The van der Waals surface area contributed by atoms with E-state index in [0.717, 1.165) is 30.4 Å². The Balaban J connectivity index is 2.01. The van der Waals surface area contributed by atoms with Crippen LogP contribution in [0.15, 0.2) is 22.7 Å². The molecule has 0 bridgehead atoms. The van der Waals surface area contributed by atoms with Gasteiger partial charge in [0.05, 0.1) is 0 Å². The standard InChI is InChI=1S/C14H19BrN2O/c1-10(16)5-6-14(18)17-8-7-12-11(9-17)3-2-4-13(12)15/h2-4,10H,5-9,16H2,1H3. The summed E-state index contributed by atoms with van der Waals surface area (Å²) in [5.41, 5.74) is 8.29. The normalized spacial score (nSPS) is 16.3. The van der Waals surface area contributed by atoms with Gasteiger partial charge >= 0.3 is 0 Å². The molecule has 18 heavy (non-hydrogen) atoms. The highest BCUT2D eigenvalue weighted by Crippen LogP contribution is 2.26. The summed E-state index contributed by atoms with van der Waals surface area (Å²) in [5.74, 6) is 0.220. The van der Waals surface area contributed by atoms with Gasteiger partial charge in [0.2, 0.25) is 5.91 Å². The molecule has 1 aliphatic heterocycles. The van der Waals surface area contributed by atoms with Crippen molar-refractivity contribution in [2.75, 3.05) is 6.54 Å². The summed E-state index contributed by atoms with van der Waals surface area (Å²) in [6.07, 6.45) is 2.25. The first-order chi connectivity index (χ1) is 8.58. The topological polar surface area (TPSA) is 46.3 Å². The Labute approximate surface area is 116 Å². The molecule has 4 heteroatoms. The summed E-state index contributed by atoms with van der Waals surface area (Å²) in [4.78, 5) is 14.0. The van der Waals surface area contributed by atoms with Crippen molar-refractivity contribution in [1.29, 1.82) is 0 Å². The zero-order chi connectivity index (χ0) is 13.1. The highest BCUT2D eigenvalue weighted by molar-refractivity contribution is 9.10. The minimum atomic E-state index is 0.0974. The maximum absolute atomic E-state index is 12.1. The van der Waals surface area contributed by atoms with Crippen LogP contribution in [0.1, 0.15) is 30.9 Å².